The minimum Gasteiger partial charge on any atom is -0.467 e. The minimum absolute atomic E-state index is 0.293. The zero-order valence-corrected chi connectivity index (χ0v) is 13.7. The van der Waals surface area contributed by atoms with Crippen molar-refractivity contribution in [3.05, 3.63) is 64.1 Å². The van der Waals surface area contributed by atoms with Gasteiger partial charge in [-0.2, -0.15) is 0 Å². The van der Waals surface area contributed by atoms with Crippen LogP contribution in [-0.4, -0.2) is 19.1 Å². The van der Waals surface area contributed by atoms with Gasteiger partial charge in [-0.25, -0.2) is 9.59 Å². The summed E-state index contributed by atoms with van der Waals surface area (Å²) < 4.78 is 4.73. The Morgan fingerprint density at radius 1 is 1.09 bits per heavy atom. The molecule has 0 aliphatic rings. The Balaban J connectivity index is 2.13. The van der Waals surface area contributed by atoms with Crippen LogP contribution in [0.15, 0.2) is 48.5 Å². The lowest BCUT2D eigenvalue weighted by Crippen LogP contribution is -2.37. The van der Waals surface area contributed by atoms with Gasteiger partial charge in [0.2, 0.25) is 0 Å². The maximum atomic E-state index is 12.1. The van der Waals surface area contributed by atoms with Crippen molar-refractivity contribution in [2.75, 3.05) is 12.4 Å². The Morgan fingerprint density at radius 3 is 2.39 bits per heavy atom. The number of amides is 2. The zero-order valence-electron chi connectivity index (χ0n) is 12.2. The van der Waals surface area contributed by atoms with Gasteiger partial charge in [-0.05, 0) is 23.8 Å². The third-order valence-corrected chi connectivity index (χ3v) is 3.57. The molecule has 0 aliphatic heterocycles. The predicted octanol–water partition coefficient (Wildman–Crippen LogP) is 4.03. The summed E-state index contributed by atoms with van der Waals surface area (Å²) in [6.45, 7) is 0. The topological polar surface area (TPSA) is 67.4 Å². The van der Waals surface area contributed by atoms with Crippen LogP contribution >= 0.6 is 23.2 Å². The Hall–Kier alpha value is -2.24. The van der Waals surface area contributed by atoms with Gasteiger partial charge in [0, 0.05) is 5.02 Å². The van der Waals surface area contributed by atoms with E-state index in [1.807, 2.05) is 6.07 Å². The summed E-state index contributed by atoms with van der Waals surface area (Å²) in [6, 6.07) is 11.9. The number of halogens is 2. The summed E-state index contributed by atoms with van der Waals surface area (Å²) in [5, 5.41) is 5.88. The summed E-state index contributed by atoms with van der Waals surface area (Å²) in [5.41, 5.74) is 0.988. The average Bonchev–Trinajstić information content (AvgIpc) is 2.55. The Kier molecular flexibility index (Phi) is 5.84. The molecule has 7 heteroatoms. The van der Waals surface area contributed by atoms with Crippen molar-refractivity contribution in [3.8, 4) is 0 Å². The normalized spacial score (nSPS) is 11.4. The van der Waals surface area contributed by atoms with Gasteiger partial charge in [-0.15, -0.1) is 0 Å². The van der Waals surface area contributed by atoms with Gasteiger partial charge < -0.3 is 15.4 Å². The van der Waals surface area contributed by atoms with E-state index in [9.17, 15) is 9.59 Å². The van der Waals surface area contributed by atoms with E-state index < -0.39 is 18.0 Å². The molecule has 2 amide bonds. The fourth-order valence-electron chi connectivity index (χ4n) is 1.92. The summed E-state index contributed by atoms with van der Waals surface area (Å²) in [4.78, 5) is 24.0. The number of nitrogens with one attached hydrogen (secondary N) is 2. The van der Waals surface area contributed by atoms with Gasteiger partial charge in [-0.3, -0.25) is 0 Å². The van der Waals surface area contributed by atoms with Crippen molar-refractivity contribution in [3.63, 3.8) is 0 Å². The molecule has 1 atom stereocenters. The summed E-state index contributed by atoms with van der Waals surface area (Å²) in [6.07, 6.45) is 0. The lowest BCUT2D eigenvalue weighted by Gasteiger charge is -2.17. The van der Waals surface area contributed by atoms with Crippen LogP contribution in [0.1, 0.15) is 11.6 Å². The largest absolute Gasteiger partial charge is 0.467 e. The highest BCUT2D eigenvalue weighted by molar-refractivity contribution is 6.36. The molecule has 23 heavy (non-hydrogen) atoms. The van der Waals surface area contributed by atoms with E-state index >= 15 is 0 Å². The molecule has 5 nitrogen and oxygen atoms in total. The Morgan fingerprint density at radius 2 is 1.78 bits per heavy atom. The monoisotopic (exact) mass is 352 g/mol. The molecule has 0 heterocycles. The number of urea groups is 1. The maximum Gasteiger partial charge on any atom is 0.333 e. The molecular weight excluding hydrogens is 339 g/mol. The highest BCUT2D eigenvalue weighted by atomic mass is 35.5. The van der Waals surface area contributed by atoms with E-state index in [0.717, 1.165) is 0 Å². The molecule has 0 saturated carbocycles. The van der Waals surface area contributed by atoms with Crippen molar-refractivity contribution >= 4 is 40.9 Å². The second-order valence-corrected chi connectivity index (χ2v) is 5.43. The van der Waals surface area contributed by atoms with Gasteiger partial charge in [0.15, 0.2) is 6.04 Å². The fourth-order valence-corrected chi connectivity index (χ4v) is 2.38. The molecule has 2 N–H and O–H groups in total. The van der Waals surface area contributed by atoms with Crippen molar-refractivity contribution in [2.24, 2.45) is 0 Å². The number of hydrogen-bond acceptors (Lipinski definition) is 3. The first-order valence-electron chi connectivity index (χ1n) is 6.66. The zero-order chi connectivity index (χ0) is 16.8. The van der Waals surface area contributed by atoms with Crippen molar-refractivity contribution < 1.29 is 14.3 Å². The predicted molar refractivity (Wildman–Crippen MR) is 89.8 cm³/mol. The van der Waals surface area contributed by atoms with Crippen LogP contribution in [0.5, 0.6) is 0 Å². The number of anilines is 1. The van der Waals surface area contributed by atoms with Crippen LogP contribution in [0.2, 0.25) is 10.0 Å². The first-order valence-corrected chi connectivity index (χ1v) is 7.42. The van der Waals surface area contributed by atoms with E-state index in [-0.39, 0.29) is 0 Å². The first-order chi connectivity index (χ1) is 11.0. The number of benzene rings is 2. The standard InChI is InChI=1S/C16H14Cl2N2O3/c1-23-15(21)14(10-5-3-2-4-6-10)20-16(22)19-13-8-7-11(17)9-12(13)18/h2-9,14H,1H3,(H2,19,20,22)/t14-/m0/s1. The number of rotatable bonds is 4. The maximum absolute atomic E-state index is 12.1. The first kappa shape index (κ1) is 17.1. The number of methoxy groups -OCH3 is 1. The van der Waals surface area contributed by atoms with Gasteiger partial charge >= 0.3 is 12.0 Å². The van der Waals surface area contributed by atoms with E-state index in [1.165, 1.54) is 13.2 Å². The molecule has 0 aromatic heterocycles. The smallest absolute Gasteiger partial charge is 0.333 e. The molecule has 0 fully saturated rings. The van der Waals surface area contributed by atoms with E-state index in [1.54, 1.807) is 36.4 Å². The molecule has 120 valence electrons. The number of carbonyl (C=O) groups is 2. The van der Waals surface area contributed by atoms with Crippen LogP contribution in [-0.2, 0) is 9.53 Å². The molecule has 0 radical (unpaired) electrons. The quantitative estimate of drug-likeness (QED) is 0.816. The van der Waals surface area contributed by atoms with E-state index in [2.05, 4.69) is 10.6 Å². The van der Waals surface area contributed by atoms with Gasteiger partial charge in [0.1, 0.15) is 0 Å². The van der Waals surface area contributed by atoms with Crippen LogP contribution in [0, 0.1) is 0 Å². The summed E-state index contributed by atoms with van der Waals surface area (Å²) >= 11 is 11.8. The van der Waals surface area contributed by atoms with Crippen LogP contribution in [0.4, 0.5) is 10.5 Å². The van der Waals surface area contributed by atoms with Crippen molar-refractivity contribution in [1.82, 2.24) is 5.32 Å². The van der Waals surface area contributed by atoms with E-state index in [4.69, 9.17) is 27.9 Å². The third-order valence-electron chi connectivity index (χ3n) is 3.02. The highest BCUT2D eigenvalue weighted by Gasteiger charge is 2.23. The average molecular weight is 353 g/mol. The van der Waals surface area contributed by atoms with Crippen LogP contribution in [0.3, 0.4) is 0 Å². The number of hydrogen-bond donors (Lipinski definition) is 2. The molecule has 0 spiro atoms. The minimum atomic E-state index is -0.924. The molecule has 0 saturated heterocycles. The number of carbonyl (C=O) groups excluding carboxylic acids is 2. The second-order valence-electron chi connectivity index (χ2n) is 4.59. The summed E-state index contributed by atoms with van der Waals surface area (Å²) in [7, 11) is 1.26. The lowest BCUT2D eigenvalue weighted by atomic mass is 10.1. The molecule has 0 aliphatic carbocycles. The molecule has 2 aromatic rings. The number of ether oxygens (including phenoxy) is 1. The summed E-state index contributed by atoms with van der Waals surface area (Å²) in [5.74, 6) is -0.575. The highest BCUT2D eigenvalue weighted by Crippen LogP contribution is 2.25. The molecule has 0 unspecified atom stereocenters. The van der Waals surface area contributed by atoms with Crippen LogP contribution < -0.4 is 10.6 Å². The van der Waals surface area contributed by atoms with E-state index in [0.29, 0.717) is 21.3 Å². The Labute approximate surface area is 143 Å². The van der Waals surface area contributed by atoms with Gasteiger partial charge in [0.25, 0.3) is 0 Å². The van der Waals surface area contributed by atoms with Gasteiger partial charge in [-0.1, -0.05) is 53.5 Å². The van der Waals surface area contributed by atoms with Crippen molar-refractivity contribution in [1.29, 1.82) is 0 Å². The Bertz CT molecular complexity index is 708. The second kappa shape index (κ2) is 7.85. The van der Waals surface area contributed by atoms with Crippen LogP contribution in [0.25, 0.3) is 0 Å². The van der Waals surface area contributed by atoms with Crippen molar-refractivity contribution in [2.45, 2.75) is 6.04 Å². The molecule has 2 rings (SSSR count). The molecule has 2 aromatic carbocycles. The van der Waals surface area contributed by atoms with Gasteiger partial charge in [0.05, 0.1) is 17.8 Å². The third kappa shape index (κ3) is 4.61. The lowest BCUT2D eigenvalue weighted by molar-refractivity contribution is -0.143. The molecule has 0 bridgehead atoms. The fraction of sp³-hybridized carbons (Fsp3) is 0.125. The molecular formula is C16H14Cl2N2O3. The SMILES string of the molecule is COC(=O)[C@@H](NC(=O)Nc1ccc(Cl)cc1Cl)c1ccccc1. The number of esters is 1.